The predicted molar refractivity (Wildman–Crippen MR) is 131 cm³/mol. The summed E-state index contributed by atoms with van der Waals surface area (Å²) in [5.74, 6) is 0.439. The van der Waals surface area contributed by atoms with Gasteiger partial charge in [0.05, 0.1) is 6.67 Å². The molecule has 0 aromatic carbocycles. The molecule has 1 fully saturated rings. The van der Waals surface area contributed by atoms with Crippen LogP contribution < -0.4 is 10.6 Å². The number of nitrogens with one attached hydrogen (secondary N) is 2. The number of unbranched alkanes of at least 4 members (excludes halogenated alkanes) is 14. The molecule has 1 heterocycles. The minimum absolute atomic E-state index is 0.185. The lowest BCUT2D eigenvalue weighted by Gasteiger charge is -2.16. The van der Waals surface area contributed by atoms with Crippen LogP contribution in [0.1, 0.15) is 129 Å². The fourth-order valence-corrected chi connectivity index (χ4v) is 4.27. The van der Waals surface area contributed by atoms with Crippen LogP contribution in [0.3, 0.4) is 0 Å². The Bertz CT molecular complexity index is 442. The van der Waals surface area contributed by atoms with Crippen molar-refractivity contribution in [1.82, 2.24) is 15.5 Å². The van der Waals surface area contributed by atoms with Crippen LogP contribution in [0.4, 0.5) is 0 Å². The number of hydrogen-bond donors (Lipinski definition) is 2. The van der Waals surface area contributed by atoms with E-state index >= 15 is 0 Å². The van der Waals surface area contributed by atoms with Crippen LogP contribution in [0, 0.1) is 0 Å². The van der Waals surface area contributed by atoms with E-state index in [1.807, 2.05) is 4.90 Å². The highest BCUT2D eigenvalue weighted by Gasteiger charge is 2.18. The van der Waals surface area contributed by atoms with E-state index in [-0.39, 0.29) is 11.8 Å². The quantitative estimate of drug-likeness (QED) is 0.207. The van der Waals surface area contributed by atoms with Crippen molar-refractivity contribution in [1.29, 1.82) is 0 Å². The van der Waals surface area contributed by atoms with Crippen LogP contribution in [-0.4, -0.2) is 43.0 Å². The summed E-state index contributed by atoms with van der Waals surface area (Å²) in [6, 6.07) is 0. The summed E-state index contributed by atoms with van der Waals surface area (Å²) in [4.78, 5) is 25.2. The van der Waals surface area contributed by atoms with Gasteiger partial charge in [-0.05, 0) is 25.8 Å². The van der Waals surface area contributed by atoms with Crippen molar-refractivity contribution in [3.63, 3.8) is 0 Å². The largest absolute Gasteiger partial charge is 0.356 e. The SMILES string of the molecule is CCCCCCCCCCCCCCCCCC(=O)NCCCNCN1CCCC1=O. The zero-order chi connectivity index (χ0) is 22.4. The Morgan fingerprint density at radius 1 is 0.774 bits per heavy atom. The van der Waals surface area contributed by atoms with Crippen LogP contribution in [0.25, 0.3) is 0 Å². The van der Waals surface area contributed by atoms with Crippen LogP contribution in [0.2, 0.25) is 0 Å². The molecule has 0 radical (unpaired) electrons. The first-order valence-electron chi connectivity index (χ1n) is 13.5. The summed E-state index contributed by atoms with van der Waals surface area (Å²) in [5.41, 5.74) is 0. The average molecular weight is 438 g/mol. The van der Waals surface area contributed by atoms with Gasteiger partial charge in [0.15, 0.2) is 0 Å². The second-order valence-corrected chi connectivity index (χ2v) is 9.32. The van der Waals surface area contributed by atoms with Crippen LogP contribution in [0.5, 0.6) is 0 Å². The van der Waals surface area contributed by atoms with Gasteiger partial charge >= 0.3 is 0 Å². The van der Waals surface area contributed by atoms with E-state index in [1.54, 1.807) is 0 Å². The van der Waals surface area contributed by atoms with Crippen molar-refractivity contribution in [3.8, 4) is 0 Å². The second-order valence-electron chi connectivity index (χ2n) is 9.32. The molecular weight excluding hydrogens is 386 g/mol. The normalized spacial score (nSPS) is 13.8. The first kappa shape index (κ1) is 27.9. The molecule has 1 rings (SSSR count). The number of carbonyl (C=O) groups is 2. The molecule has 0 spiro atoms. The topological polar surface area (TPSA) is 61.4 Å². The van der Waals surface area contributed by atoms with Gasteiger partial charge < -0.3 is 10.2 Å². The molecule has 5 heteroatoms. The Morgan fingerprint density at radius 2 is 1.32 bits per heavy atom. The molecule has 0 aromatic rings. The van der Waals surface area contributed by atoms with E-state index in [2.05, 4.69) is 17.6 Å². The molecular formula is C26H51N3O2. The molecule has 1 aliphatic rings. The summed E-state index contributed by atoms with van der Waals surface area (Å²) < 4.78 is 0. The van der Waals surface area contributed by atoms with Gasteiger partial charge in [0.25, 0.3) is 0 Å². The lowest BCUT2D eigenvalue weighted by molar-refractivity contribution is -0.128. The molecule has 1 saturated heterocycles. The van der Waals surface area contributed by atoms with E-state index in [4.69, 9.17) is 0 Å². The highest BCUT2D eigenvalue weighted by atomic mass is 16.2. The predicted octanol–water partition coefficient (Wildman–Crippen LogP) is 5.92. The van der Waals surface area contributed by atoms with Gasteiger partial charge in [-0.3, -0.25) is 14.9 Å². The molecule has 182 valence electrons. The Morgan fingerprint density at radius 3 is 1.84 bits per heavy atom. The van der Waals surface area contributed by atoms with Crippen LogP contribution in [-0.2, 0) is 9.59 Å². The third kappa shape index (κ3) is 17.2. The van der Waals surface area contributed by atoms with E-state index in [1.165, 1.54) is 89.9 Å². The van der Waals surface area contributed by atoms with Crippen LogP contribution >= 0.6 is 0 Å². The zero-order valence-corrected chi connectivity index (χ0v) is 20.5. The summed E-state index contributed by atoms with van der Waals surface area (Å²) in [5, 5.41) is 6.30. The number of likely N-dealkylation sites (tertiary alicyclic amines) is 1. The molecule has 1 aliphatic heterocycles. The second kappa shape index (κ2) is 20.8. The number of nitrogens with zero attached hydrogens (tertiary/aromatic N) is 1. The molecule has 31 heavy (non-hydrogen) atoms. The summed E-state index contributed by atoms with van der Waals surface area (Å²) in [6.45, 7) is 5.36. The molecule has 0 atom stereocenters. The van der Waals surface area contributed by atoms with Gasteiger partial charge in [-0.2, -0.15) is 0 Å². The highest BCUT2D eigenvalue weighted by Crippen LogP contribution is 2.13. The lowest BCUT2D eigenvalue weighted by Crippen LogP contribution is -2.36. The molecule has 0 saturated carbocycles. The first-order valence-corrected chi connectivity index (χ1v) is 13.5. The van der Waals surface area contributed by atoms with Crippen molar-refractivity contribution in [2.24, 2.45) is 0 Å². The van der Waals surface area contributed by atoms with Gasteiger partial charge in [-0.25, -0.2) is 0 Å². The fourth-order valence-electron chi connectivity index (χ4n) is 4.27. The molecule has 2 amide bonds. The summed E-state index contributed by atoms with van der Waals surface area (Å²) in [6.07, 6.45) is 23.5. The van der Waals surface area contributed by atoms with E-state index in [9.17, 15) is 9.59 Å². The van der Waals surface area contributed by atoms with Crippen molar-refractivity contribution in [2.45, 2.75) is 129 Å². The van der Waals surface area contributed by atoms with Crippen molar-refractivity contribution >= 4 is 11.8 Å². The molecule has 0 aromatic heterocycles. The number of carbonyl (C=O) groups excluding carboxylic acids is 2. The molecule has 5 nitrogen and oxygen atoms in total. The Kier molecular flexibility index (Phi) is 18.7. The molecule has 2 N–H and O–H groups in total. The zero-order valence-electron chi connectivity index (χ0n) is 20.5. The lowest BCUT2D eigenvalue weighted by atomic mass is 10.0. The maximum absolute atomic E-state index is 11.9. The van der Waals surface area contributed by atoms with Gasteiger partial charge in [0.2, 0.25) is 11.8 Å². The first-order chi connectivity index (χ1) is 15.2. The Balaban J connectivity index is 1.72. The van der Waals surface area contributed by atoms with E-state index in [0.717, 1.165) is 38.9 Å². The summed E-state index contributed by atoms with van der Waals surface area (Å²) >= 11 is 0. The van der Waals surface area contributed by atoms with Crippen molar-refractivity contribution in [3.05, 3.63) is 0 Å². The van der Waals surface area contributed by atoms with Gasteiger partial charge in [-0.1, -0.05) is 96.8 Å². The van der Waals surface area contributed by atoms with Crippen molar-refractivity contribution < 1.29 is 9.59 Å². The molecule has 0 bridgehead atoms. The van der Waals surface area contributed by atoms with Gasteiger partial charge in [-0.15, -0.1) is 0 Å². The van der Waals surface area contributed by atoms with Crippen molar-refractivity contribution in [2.75, 3.05) is 26.3 Å². The fraction of sp³-hybridized carbons (Fsp3) is 0.923. The summed E-state index contributed by atoms with van der Waals surface area (Å²) in [7, 11) is 0. The number of rotatable bonds is 22. The number of hydrogen-bond acceptors (Lipinski definition) is 3. The van der Waals surface area contributed by atoms with Gasteiger partial charge in [0, 0.05) is 25.9 Å². The Labute approximate surface area is 192 Å². The standard InChI is InChI=1S/C26H51N3O2/c1-2-3-4-5-6-7-8-9-10-11-12-13-14-15-16-19-25(30)28-22-18-21-27-24-29-23-17-20-26(29)31/h27H,2-24H2,1H3,(H,28,30). The smallest absolute Gasteiger partial charge is 0.223 e. The monoisotopic (exact) mass is 437 g/mol. The highest BCUT2D eigenvalue weighted by molar-refractivity contribution is 5.78. The minimum Gasteiger partial charge on any atom is -0.356 e. The number of amides is 2. The molecule has 0 unspecified atom stereocenters. The third-order valence-electron chi connectivity index (χ3n) is 6.33. The molecule has 0 aliphatic carbocycles. The van der Waals surface area contributed by atoms with E-state index < -0.39 is 0 Å². The Hall–Kier alpha value is -1.10. The van der Waals surface area contributed by atoms with Crippen LogP contribution in [0.15, 0.2) is 0 Å². The van der Waals surface area contributed by atoms with E-state index in [0.29, 0.717) is 19.5 Å². The third-order valence-corrected chi connectivity index (χ3v) is 6.33. The van der Waals surface area contributed by atoms with Gasteiger partial charge in [0.1, 0.15) is 0 Å². The average Bonchev–Trinajstić information content (AvgIpc) is 3.18. The maximum atomic E-state index is 11.9. The minimum atomic E-state index is 0.185. The maximum Gasteiger partial charge on any atom is 0.223 e.